The van der Waals surface area contributed by atoms with Crippen molar-refractivity contribution < 1.29 is 0 Å². The molecule has 0 spiro atoms. The van der Waals surface area contributed by atoms with Crippen LogP contribution in [0.25, 0.3) is 0 Å². The first-order valence-corrected chi connectivity index (χ1v) is 8.44. The van der Waals surface area contributed by atoms with Gasteiger partial charge in [0, 0.05) is 31.4 Å². The Kier molecular flexibility index (Phi) is 5.77. The Labute approximate surface area is 144 Å². The lowest BCUT2D eigenvalue weighted by Gasteiger charge is -2.24. The van der Waals surface area contributed by atoms with Gasteiger partial charge in [-0.15, -0.1) is 0 Å². The van der Waals surface area contributed by atoms with Gasteiger partial charge in [-0.3, -0.25) is 4.68 Å². The van der Waals surface area contributed by atoms with Gasteiger partial charge in [0.1, 0.15) is 0 Å². The monoisotopic (exact) mass is 330 g/mol. The van der Waals surface area contributed by atoms with E-state index in [0.29, 0.717) is 0 Å². The van der Waals surface area contributed by atoms with Crippen LogP contribution in [0.3, 0.4) is 0 Å². The zero-order chi connectivity index (χ0) is 17.0. The molecule has 0 saturated carbocycles. The number of thiocarbonyl (C=S) groups is 1. The SMILES string of the molecule is CCn1nc(C)c(CN(C)C(=S)NC(C)c2ccccc2)c1C. The Hall–Kier alpha value is -1.88. The van der Waals surface area contributed by atoms with Gasteiger partial charge in [-0.1, -0.05) is 30.3 Å². The Morgan fingerprint density at radius 1 is 1.30 bits per heavy atom. The molecule has 5 heteroatoms. The fourth-order valence-electron chi connectivity index (χ4n) is 2.70. The molecule has 0 radical (unpaired) electrons. The van der Waals surface area contributed by atoms with Crippen LogP contribution >= 0.6 is 12.2 Å². The van der Waals surface area contributed by atoms with Crippen LogP contribution in [0.2, 0.25) is 0 Å². The van der Waals surface area contributed by atoms with Gasteiger partial charge in [-0.05, 0) is 45.5 Å². The zero-order valence-electron chi connectivity index (χ0n) is 14.6. The van der Waals surface area contributed by atoms with Crippen LogP contribution in [0.1, 0.15) is 42.4 Å². The summed E-state index contributed by atoms with van der Waals surface area (Å²) in [4.78, 5) is 2.08. The highest BCUT2D eigenvalue weighted by molar-refractivity contribution is 7.80. The number of hydrogen-bond donors (Lipinski definition) is 1. The second-order valence-corrected chi connectivity index (χ2v) is 6.29. The van der Waals surface area contributed by atoms with E-state index in [4.69, 9.17) is 12.2 Å². The molecule has 4 nitrogen and oxygen atoms in total. The lowest BCUT2D eigenvalue weighted by Crippen LogP contribution is -2.38. The van der Waals surface area contributed by atoms with Gasteiger partial charge in [-0.25, -0.2) is 0 Å². The number of aryl methyl sites for hydroxylation is 2. The third kappa shape index (κ3) is 4.10. The molecule has 1 aromatic carbocycles. The zero-order valence-corrected chi connectivity index (χ0v) is 15.4. The third-order valence-electron chi connectivity index (χ3n) is 4.21. The number of nitrogens with one attached hydrogen (secondary N) is 1. The topological polar surface area (TPSA) is 33.1 Å². The van der Waals surface area contributed by atoms with E-state index >= 15 is 0 Å². The smallest absolute Gasteiger partial charge is 0.169 e. The molecule has 2 aromatic rings. The minimum absolute atomic E-state index is 0.187. The van der Waals surface area contributed by atoms with Gasteiger partial charge in [0.15, 0.2) is 5.11 Å². The minimum Gasteiger partial charge on any atom is -0.356 e. The first-order chi connectivity index (χ1) is 10.9. The molecule has 0 fully saturated rings. The van der Waals surface area contributed by atoms with Gasteiger partial charge in [0.25, 0.3) is 0 Å². The Morgan fingerprint density at radius 2 is 1.96 bits per heavy atom. The normalized spacial score (nSPS) is 12.0. The molecule has 1 N–H and O–H groups in total. The van der Waals surface area contributed by atoms with Crippen LogP contribution in [-0.2, 0) is 13.1 Å². The summed E-state index contributed by atoms with van der Waals surface area (Å²) < 4.78 is 2.04. The highest BCUT2D eigenvalue weighted by Crippen LogP contribution is 2.16. The van der Waals surface area contributed by atoms with E-state index in [9.17, 15) is 0 Å². The van der Waals surface area contributed by atoms with Crippen molar-refractivity contribution in [2.75, 3.05) is 7.05 Å². The van der Waals surface area contributed by atoms with Gasteiger partial charge in [-0.2, -0.15) is 5.10 Å². The van der Waals surface area contributed by atoms with E-state index in [1.807, 2.05) is 29.9 Å². The first kappa shape index (κ1) is 17.5. The van der Waals surface area contributed by atoms with Crippen LogP contribution in [0.5, 0.6) is 0 Å². The summed E-state index contributed by atoms with van der Waals surface area (Å²) in [5, 5.41) is 8.74. The van der Waals surface area contributed by atoms with Crippen molar-refractivity contribution in [1.29, 1.82) is 0 Å². The van der Waals surface area contributed by atoms with E-state index in [1.165, 1.54) is 16.8 Å². The molecule has 0 saturated heterocycles. The average molecular weight is 331 g/mol. The quantitative estimate of drug-likeness (QED) is 0.850. The van der Waals surface area contributed by atoms with E-state index < -0.39 is 0 Å². The fraction of sp³-hybridized carbons (Fsp3) is 0.444. The van der Waals surface area contributed by atoms with Crippen molar-refractivity contribution in [1.82, 2.24) is 20.0 Å². The van der Waals surface area contributed by atoms with Gasteiger partial charge >= 0.3 is 0 Å². The highest BCUT2D eigenvalue weighted by Gasteiger charge is 2.15. The van der Waals surface area contributed by atoms with Crippen molar-refractivity contribution in [3.05, 3.63) is 52.8 Å². The predicted molar refractivity (Wildman–Crippen MR) is 99.4 cm³/mol. The van der Waals surface area contributed by atoms with E-state index in [2.05, 4.69) is 55.1 Å². The van der Waals surface area contributed by atoms with Crippen LogP contribution in [0.15, 0.2) is 30.3 Å². The maximum atomic E-state index is 5.56. The summed E-state index contributed by atoms with van der Waals surface area (Å²) in [6, 6.07) is 10.5. The van der Waals surface area contributed by atoms with Gasteiger partial charge < -0.3 is 10.2 Å². The number of aromatic nitrogens is 2. The molecule has 0 aliphatic rings. The number of hydrogen-bond acceptors (Lipinski definition) is 2. The molecule has 0 aliphatic heterocycles. The second kappa shape index (κ2) is 7.59. The average Bonchev–Trinajstić information content (AvgIpc) is 2.82. The molecule has 0 amide bonds. The molecule has 1 aromatic heterocycles. The van der Waals surface area contributed by atoms with Gasteiger partial charge in [0.2, 0.25) is 0 Å². The summed E-state index contributed by atoms with van der Waals surface area (Å²) in [6.45, 7) is 10.1. The van der Waals surface area contributed by atoms with Crippen LogP contribution < -0.4 is 5.32 Å². The molecule has 1 unspecified atom stereocenters. The standard InChI is InChI=1S/C18H26N4S/c1-6-22-15(4)17(14(3)20-22)12-21(5)18(23)19-13(2)16-10-8-7-9-11-16/h7-11,13H,6,12H2,1-5H3,(H,19,23). The van der Waals surface area contributed by atoms with Crippen molar-refractivity contribution in [2.45, 2.75) is 46.8 Å². The molecule has 2 rings (SSSR count). The molecule has 0 bridgehead atoms. The Balaban J connectivity index is 2.02. The number of nitrogens with zero attached hydrogens (tertiary/aromatic N) is 3. The Morgan fingerprint density at radius 3 is 2.52 bits per heavy atom. The van der Waals surface area contributed by atoms with Crippen molar-refractivity contribution in [2.24, 2.45) is 0 Å². The summed E-state index contributed by atoms with van der Waals surface area (Å²) in [5.74, 6) is 0. The Bertz CT molecular complexity index is 663. The summed E-state index contributed by atoms with van der Waals surface area (Å²) in [5.41, 5.74) is 4.78. The molecular weight excluding hydrogens is 304 g/mol. The lowest BCUT2D eigenvalue weighted by atomic mass is 10.1. The molecule has 0 aliphatic carbocycles. The van der Waals surface area contributed by atoms with Crippen LogP contribution in [0.4, 0.5) is 0 Å². The van der Waals surface area contributed by atoms with E-state index in [0.717, 1.165) is 23.9 Å². The molecular formula is C18H26N4S. The summed E-state index contributed by atoms with van der Waals surface area (Å²) in [6.07, 6.45) is 0. The number of benzene rings is 1. The van der Waals surface area contributed by atoms with Crippen molar-refractivity contribution in [3.8, 4) is 0 Å². The molecule has 23 heavy (non-hydrogen) atoms. The largest absolute Gasteiger partial charge is 0.356 e. The number of rotatable bonds is 5. The van der Waals surface area contributed by atoms with E-state index in [-0.39, 0.29) is 6.04 Å². The summed E-state index contributed by atoms with van der Waals surface area (Å²) in [7, 11) is 2.02. The fourth-order valence-corrected chi connectivity index (χ4v) is 2.94. The van der Waals surface area contributed by atoms with Crippen molar-refractivity contribution >= 4 is 17.3 Å². The van der Waals surface area contributed by atoms with Crippen LogP contribution in [-0.4, -0.2) is 26.8 Å². The molecule has 1 heterocycles. The lowest BCUT2D eigenvalue weighted by molar-refractivity contribution is 0.475. The maximum Gasteiger partial charge on any atom is 0.169 e. The first-order valence-electron chi connectivity index (χ1n) is 8.03. The van der Waals surface area contributed by atoms with E-state index in [1.54, 1.807) is 0 Å². The summed E-state index contributed by atoms with van der Waals surface area (Å²) >= 11 is 5.56. The van der Waals surface area contributed by atoms with Crippen LogP contribution in [0, 0.1) is 13.8 Å². The second-order valence-electron chi connectivity index (χ2n) is 5.90. The van der Waals surface area contributed by atoms with Gasteiger partial charge in [0.05, 0.1) is 11.7 Å². The third-order valence-corrected chi connectivity index (χ3v) is 4.64. The minimum atomic E-state index is 0.187. The highest BCUT2D eigenvalue weighted by atomic mass is 32.1. The predicted octanol–water partition coefficient (Wildman–Crippen LogP) is 3.59. The van der Waals surface area contributed by atoms with Crippen molar-refractivity contribution in [3.63, 3.8) is 0 Å². The molecule has 1 atom stereocenters. The molecule has 124 valence electrons. The maximum absolute atomic E-state index is 5.56.